The van der Waals surface area contributed by atoms with Crippen molar-refractivity contribution >= 4 is 15.9 Å². The maximum Gasteiger partial charge on any atom is 0.416 e. The maximum absolute atomic E-state index is 12.7. The zero-order chi connectivity index (χ0) is 14.0. The van der Waals surface area contributed by atoms with Gasteiger partial charge in [-0.2, -0.15) is 18.4 Å². The summed E-state index contributed by atoms with van der Waals surface area (Å²) in [4.78, 5) is 0. The molecule has 0 aromatic heterocycles. The molecule has 0 saturated carbocycles. The van der Waals surface area contributed by atoms with Crippen LogP contribution in [-0.2, 0) is 6.18 Å². The molecule has 0 saturated heterocycles. The Morgan fingerprint density at radius 2 is 1.79 bits per heavy atom. The van der Waals surface area contributed by atoms with E-state index >= 15 is 0 Å². The molecule has 19 heavy (non-hydrogen) atoms. The van der Waals surface area contributed by atoms with E-state index in [4.69, 9.17) is 5.26 Å². The first-order valence-corrected chi connectivity index (χ1v) is 6.08. The molecule has 0 aliphatic rings. The Kier molecular flexibility index (Phi) is 3.63. The first-order valence-electron chi connectivity index (χ1n) is 5.29. The molecule has 0 fully saturated rings. The quantitative estimate of drug-likeness (QED) is 0.723. The number of hydrogen-bond acceptors (Lipinski definition) is 1. The third-order valence-corrected chi connectivity index (χ3v) is 3.29. The van der Waals surface area contributed by atoms with Crippen molar-refractivity contribution in [2.75, 3.05) is 0 Å². The molecule has 2 aromatic carbocycles. The Morgan fingerprint density at radius 1 is 1.05 bits per heavy atom. The molecule has 0 aliphatic heterocycles. The summed E-state index contributed by atoms with van der Waals surface area (Å²) in [6.45, 7) is 0. The first-order chi connectivity index (χ1) is 8.91. The van der Waals surface area contributed by atoms with E-state index in [1.54, 1.807) is 24.3 Å². The summed E-state index contributed by atoms with van der Waals surface area (Å²) in [6.07, 6.45) is -4.38. The predicted molar refractivity (Wildman–Crippen MR) is 69.3 cm³/mol. The highest BCUT2D eigenvalue weighted by Crippen LogP contribution is 2.34. The fourth-order valence-corrected chi connectivity index (χ4v) is 2.15. The van der Waals surface area contributed by atoms with Crippen molar-refractivity contribution < 1.29 is 13.2 Å². The maximum atomic E-state index is 12.7. The number of hydrogen-bond donors (Lipinski definition) is 0. The van der Waals surface area contributed by atoms with Gasteiger partial charge in [-0.25, -0.2) is 0 Å². The lowest BCUT2D eigenvalue weighted by atomic mass is 10.0. The highest BCUT2D eigenvalue weighted by atomic mass is 79.9. The molecule has 1 nitrogen and oxygen atoms in total. The van der Waals surface area contributed by atoms with E-state index in [-0.39, 0.29) is 0 Å². The van der Waals surface area contributed by atoms with E-state index in [1.165, 1.54) is 6.07 Å². The summed E-state index contributed by atoms with van der Waals surface area (Å²) in [5.74, 6) is 0. The zero-order valence-corrected chi connectivity index (χ0v) is 11.1. The van der Waals surface area contributed by atoms with Gasteiger partial charge in [-0.05, 0) is 41.5 Å². The predicted octanol–water partition coefficient (Wildman–Crippen LogP) is 5.01. The van der Waals surface area contributed by atoms with Gasteiger partial charge in [0.2, 0.25) is 0 Å². The normalized spacial score (nSPS) is 11.1. The van der Waals surface area contributed by atoms with Crippen molar-refractivity contribution in [3.8, 4) is 17.2 Å². The first kappa shape index (κ1) is 13.6. The molecule has 2 aromatic rings. The molecular formula is C14H7BrF3N. The van der Waals surface area contributed by atoms with Crippen LogP contribution in [0.2, 0.25) is 0 Å². The summed E-state index contributed by atoms with van der Waals surface area (Å²) >= 11 is 3.28. The SMILES string of the molecule is N#Cc1ccc(Br)c(-c2cccc(C(F)(F)F)c2)c1. The molecule has 2 rings (SSSR count). The minimum atomic E-state index is -4.38. The van der Waals surface area contributed by atoms with E-state index < -0.39 is 11.7 Å². The molecule has 0 N–H and O–H groups in total. The molecule has 0 aliphatic carbocycles. The lowest BCUT2D eigenvalue weighted by molar-refractivity contribution is -0.137. The van der Waals surface area contributed by atoms with Gasteiger partial charge in [-0.15, -0.1) is 0 Å². The number of nitrogens with zero attached hydrogens (tertiary/aromatic N) is 1. The molecule has 0 amide bonds. The Bertz CT molecular complexity index is 656. The van der Waals surface area contributed by atoms with Crippen LogP contribution >= 0.6 is 15.9 Å². The fraction of sp³-hybridized carbons (Fsp3) is 0.0714. The summed E-state index contributed by atoms with van der Waals surface area (Å²) < 4.78 is 38.6. The lowest BCUT2D eigenvalue weighted by Gasteiger charge is -2.10. The van der Waals surface area contributed by atoms with Gasteiger partial charge in [0.15, 0.2) is 0 Å². The highest BCUT2D eigenvalue weighted by Gasteiger charge is 2.30. The summed E-state index contributed by atoms with van der Waals surface area (Å²) in [5.41, 5.74) is 0.666. The molecule has 96 valence electrons. The second-order valence-corrected chi connectivity index (χ2v) is 4.74. The van der Waals surface area contributed by atoms with Crippen molar-refractivity contribution in [3.05, 3.63) is 58.1 Å². The van der Waals surface area contributed by atoms with Crippen LogP contribution in [0, 0.1) is 11.3 Å². The van der Waals surface area contributed by atoms with Crippen molar-refractivity contribution in [3.63, 3.8) is 0 Å². The number of benzene rings is 2. The van der Waals surface area contributed by atoms with E-state index in [9.17, 15) is 13.2 Å². The standard InChI is InChI=1S/C14H7BrF3N/c15-13-5-4-9(8-19)6-12(13)10-2-1-3-11(7-10)14(16,17)18/h1-7H. The number of nitriles is 1. The minimum absolute atomic E-state index is 0.399. The van der Waals surface area contributed by atoms with Crippen LogP contribution in [0.15, 0.2) is 46.9 Å². The van der Waals surface area contributed by atoms with Crippen molar-refractivity contribution in [1.29, 1.82) is 5.26 Å². The van der Waals surface area contributed by atoms with Crippen LogP contribution in [0.1, 0.15) is 11.1 Å². The zero-order valence-electron chi connectivity index (χ0n) is 9.50. The summed E-state index contributed by atoms with van der Waals surface area (Å²) in [5, 5.41) is 8.84. The topological polar surface area (TPSA) is 23.8 Å². The Balaban J connectivity index is 2.57. The molecule has 0 bridgehead atoms. The third-order valence-electron chi connectivity index (χ3n) is 2.60. The Morgan fingerprint density at radius 3 is 2.42 bits per heavy atom. The summed E-state index contributed by atoms with van der Waals surface area (Å²) in [7, 11) is 0. The smallest absolute Gasteiger partial charge is 0.192 e. The van der Waals surface area contributed by atoms with Gasteiger partial charge in [0.05, 0.1) is 17.2 Å². The van der Waals surface area contributed by atoms with Gasteiger partial charge in [0.1, 0.15) is 0 Å². The average molecular weight is 326 g/mol. The lowest BCUT2D eigenvalue weighted by Crippen LogP contribution is -2.04. The van der Waals surface area contributed by atoms with E-state index in [2.05, 4.69) is 15.9 Å². The van der Waals surface area contributed by atoms with Crippen molar-refractivity contribution in [2.45, 2.75) is 6.18 Å². The number of alkyl halides is 3. The second kappa shape index (κ2) is 5.06. The second-order valence-electron chi connectivity index (χ2n) is 3.88. The third kappa shape index (κ3) is 2.96. The van der Waals surface area contributed by atoms with Crippen molar-refractivity contribution in [2.24, 2.45) is 0 Å². The van der Waals surface area contributed by atoms with Crippen LogP contribution < -0.4 is 0 Å². The summed E-state index contributed by atoms with van der Waals surface area (Å²) in [6, 6.07) is 11.8. The van der Waals surface area contributed by atoms with Gasteiger partial charge in [0, 0.05) is 4.47 Å². The minimum Gasteiger partial charge on any atom is -0.192 e. The van der Waals surface area contributed by atoms with Crippen LogP contribution in [-0.4, -0.2) is 0 Å². The van der Waals surface area contributed by atoms with Crippen molar-refractivity contribution in [1.82, 2.24) is 0 Å². The van der Waals surface area contributed by atoms with Gasteiger partial charge in [-0.3, -0.25) is 0 Å². The molecule has 0 heterocycles. The van der Waals surface area contributed by atoms with E-state index in [1.807, 2.05) is 6.07 Å². The van der Waals surface area contributed by atoms with Gasteiger partial charge >= 0.3 is 6.18 Å². The molecule has 5 heteroatoms. The molecular weight excluding hydrogens is 319 g/mol. The van der Waals surface area contributed by atoms with Crippen LogP contribution in [0.25, 0.3) is 11.1 Å². The number of halogens is 4. The van der Waals surface area contributed by atoms with Crippen LogP contribution in [0.3, 0.4) is 0 Å². The largest absolute Gasteiger partial charge is 0.416 e. The molecule has 0 unspecified atom stereocenters. The van der Waals surface area contributed by atoms with Crippen LogP contribution in [0.5, 0.6) is 0 Å². The Labute approximate surface area is 116 Å². The Hall–Kier alpha value is -1.80. The molecule has 0 radical (unpaired) electrons. The highest BCUT2D eigenvalue weighted by molar-refractivity contribution is 9.10. The van der Waals surface area contributed by atoms with Gasteiger partial charge in [0.25, 0.3) is 0 Å². The van der Waals surface area contributed by atoms with Gasteiger partial charge in [-0.1, -0.05) is 28.1 Å². The average Bonchev–Trinajstić information content (AvgIpc) is 2.38. The molecule has 0 atom stereocenters. The van der Waals surface area contributed by atoms with Gasteiger partial charge < -0.3 is 0 Å². The number of rotatable bonds is 1. The van der Waals surface area contributed by atoms with E-state index in [0.717, 1.165) is 12.1 Å². The van der Waals surface area contributed by atoms with E-state index in [0.29, 0.717) is 21.2 Å². The monoisotopic (exact) mass is 325 g/mol. The fourth-order valence-electron chi connectivity index (χ4n) is 1.68. The molecule has 0 spiro atoms. The van der Waals surface area contributed by atoms with Crippen LogP contribution in [0.4, 0.5) is 13.2 Å².